The van der Waals surface area contributed by atoms with E-state index < -0.39 is 0 Å². The molecule has 0 radical (unpaired) electrons. The van der Waals surface area contributed by atoms with Crippen LogP contribution in [0.5, 0.6) is 0 Å². The molecule has 1 unspecified atom stereocenters. The Labute approximate surface area is 86.0 Å². The summed E-state index contributed by atoms with van der Waals surface area (Å²) < 4.78 is 0. The Morgan fingerprint density at radius 3 is 2.67 bits per heavy atom. The summed E-state index contributed by atoms with van der Waals surface area (Å²) in [6.07, 6.45) is 2.14. The van der Waals surface area contributed by atoms with Gasteiger partial charge in [0.1, 0.15) is 0 Å². The second kappa shape index (κ2) is 6.87. The van der Waals surface area contributed by atoms with E-state index in [0.717, 1.165) is 12.3 Å². The van der Waals surface area contributed by atoms with Gasteiger partial charge in [0.15, 0.2) is 0 Å². The summed E-state index contributed by atoms with van der Waals surface area (Å²) in [5.74, 6) is 1.96. The fraction of sp³-hybridized carbons (Fsp3) is 0.778. The van der Waals surface area contributed by atoms with Gasteiger partial charge in [-0.25, -0.2) is 0 Å². The van der Waals surface area contributed by atoms with Crippen molar-refractivity contribution in [3.05, 3.63) is 12.2 Å². The van der Waals surface area contributed by atoms with Crippen LogP contribution < -0.4 is 0 Å². The van der Waals surface area contributed by atoms with Crippen LogP contribution in [0.1, 0.15) is 6.92 Å². The molecule has 0 aromatic carbocycles. The van der Waals surface area contributed by atoms with Gasteiger partial charge in [0.25, 0.3) is 0 Å². The molecule has 0 aliphatic heterocycles. The minimum Gasteiger partial charge on any atom is -0.299 e. The third-order valence-corrected chi connectivity index (χ3v) is 3.12. The molecule has 0 bridgehead atoms. The summed E-state index contributed by atoms with van der Waals surface area (Å²) in [4.78, 5) is 2.31. The lowest BCUT2D eigenvalue weighted by Crippen LogP contribution is -2.32. The molecule has 0 aromatic heterocycles. The third-order valence-electron chi connectivity index (χ3n) is 1.86. The van der Waals surface area contributed by atoms with Gasteiger partial charge in [-0.15, -0.1) is 0 Å². The van der Waals surface area contributed by atoms with E-state index in [4.69, 9.17) is 0 Å². The minimum absolute atomic E-state index is 0.622. The van der Waals surface area contributed by atoms with Crippen molar-refractivity contribution < 1.29 is 0 Å². The zero-order valence-electron chi connectivity index (χ0n) is 8.21. The first-order valence-corrected chi connectivity index (χ1v) is 6.11. The molecule has 3 heteroatoms. The predicted molar refractivity (Wildman–Crippen MR) is 63.5 cm³/mol. The van der Waals surface area contributed by atoms with E-state index in [1.54, 1.807) is 0 Å². The number of thiol groups is 1. The molecule has 1 nitrogen and oxygen atoms in total. The third kappa shape index (κ3) is 5.12. The van der Waals surface area contributed by atoms with Gasteiger partial charge < -0.3 is 0 Å². The summed E-state index contributed by atoms with van der Waals surface area (Å²) in [5, 5.41) is 0. The Kier molecular flexibility index (Phi) is 7.10. The number of hydrogen-bond acceptors (Lipinski definition) is 3. The van der Waals surface area contributed by atoms with Crippen LogP contribution >= 0.6 is 24.4 Å². The summed E-state index contributed by atoms with van der Waals surface area (Å²) in [5.41, 5.74) is 1.19. The van der Waals surface area contributed by atoms with Crippen molar-refractivity contribution in [3.63, 3.8) is 0 Å². The monoisotopic (exact) mass is 205 g/mol. The lowest BCUT2D eigenvalue weighted by Gasteiger charge is -2.24. The van der Waals surface area contributed by atoms with Gasteiger partial charge in [0.2, 0.25) is 0 Å². The molecule has 0 saturated carbocycles. The van der Waals surface area contributed by atoms with Crippen molar-refractivity contribution in [2.45, 2.75) is 13.0 Å². The Morgan fingerprint density at radius 1 is 1.67 bits per heavy atom. The van der Waals surface area contributed by atoms with E-state index in [0.29, 0.717) is 6.04 Å². The van der Waals surface area contributed by atoms with Gasteiger partial charge in [-0.1, -0.05) is 12.2 Å². The quantitative estimate of drug-likeness (QED) is 0.523. The fourth-order valence-electron chi connectivity index (χ4n) is 0.927. The van der Waals surface area contributed by atoms with Gasteiger partial charge in [-0.2, -0.15) is 24.4 Å². The molecule has 0 rings (SSSR count). The van der Waals surface area contributed by atoms with Gasteiger partial charge in [0.05, 0.1) is 0 Å². The van der Waals surface area contributed by atoms with Gasteiger partial charge in [-0.05, 0) is 20.2 Å². The van der Waals surface area contributed by atoms with Crippen molar-refractivity contribution in [2.24, 2.45) is 0 Å². The zero-order valence-corrected chi connectivity index (χ0v) is 9.92. The molecule has 0 aliphatic carbocycles. The maximum Gasteiger partial charge on any atom is 0.0198 e. The van der Waals surface area contributed by atoms with Crippen LogP contribution in [0.4, 0.5) is 0 Å². The second-order valence-corrected chi connectivity index (χ2v) is 4.35. The van der Waals surface area contributed by atoms with Crippen LogP contribution in [0, 0.1) is 0 Å². The van der Waals surface area contributed by atoms with Crippen LogP contribution in [-0.2, 0) is 0 Å². The Balaban J connectivity index is 3.69. The summed E-state index contributed by atoms with van der Waals surface area (Å²) >= 11 is 6.06. The smallest absolute Gasteiger partial charge is 0.0198 e. The van der Waals surface area contributed by atoms with E-state index in [1.807, 2.05) is 11.8 Å². The first-order valence-electron chi connectivity index (χ1n) is 4.08. The van der Waals surface area contributed by atoms with Crippen LogP contribution in [0.15, 0.2) is 12.2 Å². The Morgan fingerprint density at radius 2 is 2.25 bits per heavy atom. The fourth-order valence-corrected chi connectivity index (χ4v) is 1.76. The highest BCUT2D eigenvalue weighted by molar-refractivity contribution is 7.98. The first kappa shape index (κ1) is 12.4. The molecule has 0 amide bonds. The van der Waals surface area contributed by atoms with E-state index in [-0.39, 0.29) is 0 Å². The first-order chi connectivity index (χ1) is 5.61. The molecule has 12 heavy (non-hydrogen) atoms. The molecule has 1 atom stereocenters. The lowest BCUT2D eigenvalue weighted by atomic mass is 10.3. The molecule has 0 aliphatic rings. The highest BCUT2D eigenvalue weighted by atomic mass is 32.2. The molecule has 0 fully saturated rings. The Bertz CT molecular complexity index is 136. The SMILES string of the molecule is C=C(CS)CN(C)C(C)CSC. The Hall–Kier alpha value is 0.400. The number of hydrogen-bond donors (Lipinski definition) is 1. The van der Waals surface area contributed by atoms with Gasteiger partial charge in [0, 0.05) is 24.1 Å². The standard InChI is InChI=1S/C9H19NS2/c1-8(6-11)5-10(3)9(2)7-12-4/h9,11H,1,5-7H2,2-4H3. The summed E-state index contributed by atoms with van der Waals surface area (Å²) in [6, 6.07) is 0.622. The van der Waals surface area contributed by atoms with E-state index >= 15 is 0 Å². The highest BCUT2D eigenvalue weighted by Crippen LogP contribution is 2.06. The molecular formula is C9H19NS2. The molecule has 0 heterocycles. The van der Waals surface area contributed by atoms with Crippen molar-refractivity contribution in [3.8, 4) is 0 Å². The van der Waals surface area contributed by atoms with Crippen LogP contribution in [0.2, 0.25) is 0 Å². The van der Waals surface area contributed by atoms with Gasteiger partial charge >= 0.3 is 0 Å². The minimum atomic E-state index is 0.622. The average Bonchev–Trinajstić information content (AvgIpc) is 2.04. The molecular weight excluding hydrogens is 186 g/mol. The summed E-state index contributed by atoms with van der Waals surface area (Å²) in [6.45, 7) is 7.13. The zero-order chi connectivity index (χ0) is 9.56. The van der Waals surface area contributed by atoms with Gasteiger partial charge in [-0.3, -0.25) is 4.90 Å². The average molecular weight is 205 g/mol. The molecule has 0 spiro atoms. The number of nitrogens with zero attached hydrogens (tertiary/aromatic N) is 1. The number of thioether (sulfide) groups is 1. The molecule has 0 N–H and O–H groups in total. The number of rotatable bonds is 6. The second-order valence-electron chi connectivity index (χ2n) is 3.13. The number of likely N-dealkylation sites (N-methyl/N-ethyl adjacent to an activating group) is 1. The van der Waals surface area contributed by atoms with Crippen molar-refractivity contribution >= 4 is 24.4 Å². The summed E-state index contributed by atoms with van der Waals surface area (Å²) in [7, 11) is 2.13. The van der Waals surface area contributed by atoms with Crippen molar-refractivity contribution in [2.75, 3.05) is 31.4 Å². The predicted octanol–water partition coefficient (Wildman–Crippen LogP) is 2.16. The van der Waals surface area contributed by atoms with Crippen molar-refractivity contribution in [1.82, 2.24) is 4.90 Å². The van der Waals surface area contributed by atoms with E-state index in [9.17, 15) is 0 Å². The molecule has 72 valence electrons. The van der Waals surface area contributed by atoms with Crippen LogP contribution in [0.3, 0.4) is 0 Å². The van der Waals surface area contributed by atoms with E-state index in [1.165, 1.54) is 11.3 Å². The van der Waals surface area contributed by atoms with E-state index in [2.05, 4.69) is 44.3 Å². The lowest BCUT2D eigenvalue weighted by molar-refractivity contribution is 0.301. The molecule has 0 saturated heterocycles. The van der Waals surface area contributed by atoms with Crippen LogP contribution in [-0.4, -0.2) is 42.3 Å². The maximum atomic E-state index is 4.18. The normalized spacial score (nSPS) is 13.4. The topological polar surface area (TPSA) is 3.24 Å². The van der Waals surface area contributed by atoms with Crippen LogP contribution in [0.25, 0.3) is 0 Å². The maximum absolute atomic E-state index is 4.18. The van der Waals surface area contributed by atoms with Crippen molar-refractivity contribution in [1.29, 1.82) is 0 Å². The highest BCUT2D eigenvalue weighted by Gasteiger charge is 2.08. The molecule has 0 aromatic rings. The largest absolute Gasteiger partial charge is 0.299 e.